The lowest BCUT2D eigenvalue weighted by molar-refractivity contribution is 0.195. The summed E-state index contributed by atoms with van der Waals surface area (Å²) in [5, 5.41) is 13.3. The lowest BCUT2D eigenvalue weighted by Gasteiger charge is -2.19. The number of aliphatic hydroxyl groups is 1. The van der Waals surface area contributed by atoms with Gasteiger partial charge in [-0.1, -0.05) is 6.92 Å². The molecule has 0 unspecified atom stereocenters. The molecule has 0 fully saturated rings. The molecule has 0 aliphatic carbocycles. The van der Waals surface area contributed by atoms with Crippen molar-refractivity contribution in [2.24, 2.45) is 7.05 Å². The number of hydrogen-bond acceptors (Lipinski definition) is 4. The van der Waals surface area contributed by atoms with Crippen molar-refractivity contribution in [3.05, 3.63) is 11.3 Å². The van der Waals surface area contributed by atoms with E-state index in [-0.39, 0.29) is 6.61 Å². The molecule has 0 spiro atoms. The first kappa shape index (κ1) is 13.0. The Morgan fingerprint density at radius 2 is 2.19 bits per heavy atom. The van der Waals surface area contributed by atoms with E-state index in [0.717, 1.165) is 30.2 Å². The third kappa shape index (κ3) is 2.74. The van der Waals surface area contributed by atoms with Gasteiger partial charge in [0.2, 0.25) is 5.88 Å². The highest BCUT2D eigenvalue weighted by Gasteiger charge is 2.16. The quantitative estimate of drug-likeness (QED) is 0.771. The van der Waals surface area contributed by atoms with Gasteiger partial charge in [0.15, 0.2) is 0 Å². The number of ether oxygens (including phenoxy) is 1. The van der Waals surface area contributed by atoms with Crippen molar-refractivity contribution in [2.75, 3.05) is 26.8 Å². The van der Waals surface area contributed by atoms with Crippen LogP contribution in [0.15, 0.2) is 0 Å². The molecule has 1 N–H and O–H groups in total. The fourth-order valence-electron chi connectivity index (χ4n) is 1.83. The Hall–Kier alpha value is -1.07. The molecule has 0 saturated heterocycles. The molecule has 0 bridgehead atoms. The molecule has 0 aromatic carbocycles. The minimum absolute atomic E-state index is 0.176. The van der Waals surface area contributed by atoms with Gasteiger partial charge in [0.05, 0.1) is 25.0 Å². The van der Waals surface area contributed by atoms with Crippen molar-refractivity contribution in [3.8, 4) is 5.88 Å². The van der Waals surface area contributed by atoms with E-state index in [1.54, 1.807) is 11.8 Å². The maximum absolute atomic E-state index is 8.95. The van der Waals surface area contributed by atoms with Gasteiger partial charge < -0.3 is 9.84 Å². The second-order valence-corrected chi connectivity index (χ2v) is 3.79. The lowest BCUT2D eigenvalue weighted by atomic mass is 10.2. The third-order valence-electron chi connectivity index (χ3n) is 2.73. The van der Waals surface area contributed by atoms with Gasteiger partial charge in [0.1, 0.15) is 0 Å². The summed E-state index contributed by atoms with van der Waals surface area (Å²) in [5.41, 5.74) is 2.08. The van der Waals surface area contributed by atoms with Gasteiger partial charge in [-0.3, -0.25) is 4.90 Å². The Labute approximate surface area is 96.6 Å². The van der Waals surface area contributed by atoms with E-state index in [1.165, 1.54) is 0 Å². The molecule has 1 rings (SSSR count). The molecule has 1 aromatic heterocycles. The molecule has 1 aromatic rings. The van der Waals surface area contributed by atoms with Crippen LogP contribution < -0.4 is 4.74 Å². The molecule has 0 aliphatic heterocycles. The van der Waals surface area contributed by atoms with Crippen LogP contribution in [-0.4, -0.2) is 46.6 Å². The molecule has 0 saturated carbocycles. The Kier molecular flexibility index (Phi) is 4.76. The van der Waals surface area contributed by atoms with E-state index in [4.69, 9.17) is 9.84 Å². The molecule has 1 heterocycles. The molecular weight excluding hydrogens is 206 g/mol. The topological polar surface area (TPSA) is 50.5 Å². The van der Waals surface area contributed by atoms with Crippen molar-refractivity contribution in [3.63, 3.8) is 0 Å². The van der Waals surface area contributed by atoms with Crippen LogP contribution in [0.5, 0.6) is 5.88 Å². The molecule has 0 aliphatic rings. The Morgan fingerprint density at radius 3 is 2.69 bits per heavy atom. The molecule has 92 valence electrons. The monoisotopic (exact) mass is 227 g/mol. The number of aromatic nitrogens is 2. The third-order valence-corrected chi connectivity index (χ3v) is 2.73. The van der Waals surface area contributed by atoms with Crippen molar-refractivity contribution in [1.82, 2.24) is 14.7 Å². The maximum Gasteiger partial charge on any atom is 0.216 e. The molecule has 0 amide bonds. The summed E-state index contributed by atoms with van der Waals surface area (Å²) in [7, 11) is 3.53. The van der Waals surface area contributed by atoms with Crippen LogP contribution in [-0.2, 0) is 13.6 Å². The van der Waals surface area contributed by atoms with E-state index >= 15 is 0 Å². The van der Waals surface area contributed by atoms with E-state index in [9.17, 15) is 0 Å². The lowest BCUT2D eigenvalue weighted by Crippen LogP contribution is -2.26. The molecule has 5 heteroatoms. The van der Waals surface area contributed by atoms with Crippen LogP contribution in [0.4, 0.5) is 0 Å². The summed E-state index contributed by atoms with van der Waals surface area (Å²) in [6.07, 6.45) is 0. The Balaban J connectivity index is 2.86. The van der Waals surface area contributed by atoms with Gasteiger partial charge >= 0.3 is 0 Å². The fourth-order valence-corrected chi connectivity index (χ4v) is 1.83. The van der Waals surface area contributed by atoms with Crippen molar-refractivity contribution < 1.29 is 9.84 Å². The highest BCUT2D eigenvalue weighted by Crippen LogP contribution is 2.22. The summed E-state index contributed by atoms with van der Waals surface area (Å²) in [6, 6.07) is 0. The number of aliphatic hydroxyl groups excluding tert-OH is 1. The highest BCUT2D eigenvalue weighted by atomic mass is 16.5. The predicted molar refractivity (Wildman–Crippen MR) is 62.5 cm³/mol. The summed E-state index contributed by atoms with van der Waals surface area (Å²) in [4.78, 5) is 2.16. The van der Waals surface area contributed by atoms with Crippen LogP contribution in [0.3, 0.4) is 0 Å². The van der Waals surface area contributed by atoms with Crippen LogP contribution >= 0.6 is 0 Å². The van der Waals surface area contributed by atoms with Gasteiger partial charge in [-0.2, -0.15) is 5.10 Å². The maximum atomic E-state index is 8.95. The standard InChI is InChI=1S/C11H21N3O2/c1-5-14(6-7-15)8-10-9(2)12-13(3)11(10)16-4/h15H,5-8H2,1-4H3. The van der Waals surface area contributed by atoms with Crippen molar-refractivity contribution in [2.45, 2.75) is 20.4 Å². The molecule has 16 heavy (non-hydrogen) atoms. The van der Waals surface area contributed by atoms with Crippen molar-refractivity contribution >= 4 is 0 Å². The van der Waals surface area contributed by atoms with Gasteiger partial charge in [0.25, 0.3) is 0 Å². The SMILES string of the molecule is CCN(CCO)Cc1c(C)nn(C)c1OC. The van der Waals surface area contributed by atoms with Crippen LogP contribution in [0, 0.1) is 6.92 Å². The fraction of sp³-hybridized carbons (Fsp3) is 0.727. The average Bonchev–Trinajstić information content (AvgIpc) is 2.52. The first-order chi connectivity index (χ1) is 7.63. The number of methoxy groups -OCH3 is 1. The number of likely N-dealkylation sites (N-methyl/N-ethyl adjacent to an activating group) is 1. The van der Waals surface area contributed by atoms with E-state index in [2.05, 4.69) is 16.9 Å². The minimum Gasteiger partial charge on any atom is -0.481 e. The van der Waals surface area contributed by atoms with Crippen LogP contribution in [0.2, 0.25) is 0 Å². The zero-order chi connectivity index (χ0) is 12.1. The molecule has 0 atom stereocenters. The largest absolute Gasteiger partial charge is 0.481 e. The zero-order valence-corrected chi connectivity index (χ0v) is 10.5. The number of hydrogen-bond donors (Lipinski definition) is 1. The van der Waals surface area contributed by atoms with E-state index in [1.807, 2.05) is 14.0 Å². The van der Waals surface area contributed by atoms with Crippen LogP contribution in [0.25, 0.3) is 0 Å². The summed E-state index contributed by atoms with van der Waals surface area (Å²) < 4.78 is 7.08. The summed E-state index contributed by atoms with van der Waals surface area (Å²) in [6.45, 7) is 6.57. The van der Waals surface area contributed by atoms with Gasteiger partial charge in [0, 0.05) is 20.1 Å². The normalized spacial score (nSPS) is 11.1. The Morgan fingerprint density at radius 1 is 1.50 bits per heavy atom. The Bertz CT molecular complexity index is 336. The number of rotatable bonds is 6. The van der Waals surface area contributed by atoms with Crippen LogP contribution in [0.1, 0.15) is 18.2 Å². The summed E-state index contributed by atoms with van der Waals surface area (Å²) in [5.74, 6) is 0.800. The smallest absolute Gasteiger partial charge is 0.216 e. The number of nitrogens with zero attached hydrogens (tertiary/aromatic N) is 3. The number of aryl methyl sites for hydroxylation is 2. The second kappa shape index (κ2) is 5.86. The van der Waals surface area contributed by atoms with E-state index < -0.39 is 0 Å². The molecular formula is C11H21N3O2. The molecule has 5 nitrogen and oxygen atoms in total. The molecule has 0 radical (unpaired) electrons. The summed E-state index contributed by atoms with van der Waals surface area (Å²) >= 11 is 0. The van der Waals surface area contributed by atoms with Crippen molar-refractivity contribution in [1.29, 1.82) is 0 Å². The zero-order valence-electron chi connectivity index (χ0n) is 10.5. The van der Waals surface area contributed by atoms with Gasteiger partial charge in [-0.25, -0.2) is 4.68 Å². The van der Waals surface area contributed by atoms with Gasteiger partial charge in [-0.05, 0) is 13.5 Å². The minimum atomic E-state index is 0.176. The van der Waals surface area contributed by atoms with E-state index in [0.29, 0.717) is 6.54 Å². The average molecular weight is 227 g/mol. The first-order valence-electron chi connectivity index (χ1n) is 5.53. The predicted octanol–water partition coefficient (Wildman–Crippen LogP) is 0.551. The highest BCUT2D eigenvalue weighted by molar-refractivity contribution is 5.30. The first-order valence-corrected chi connectivity index (χ1v) is 5.53. The second-order valence-electron chi connectivity index (χ2n) is 3.79. The van der Waals surface area contributed by atoms with Gasteiger partial charge in [-0.15, -0.1) is 0 Å².